The molecule has 0 spiro atoms. The second-order valence-electron chi connectivity index (χ2n) is 4.99. The van der Waals surface area contributed by atoms with Gasteiger partial charge in [-0.2, -0.15) is 0 Å². The van der Waals surface area contributed by atoms with E-state index in [4.69, 9.17) is 5.73 Å². The van der Waals surface area contributed by atoms with E-state index in [2.05, 4.69) is 11.8 Å². The van der Waals surface area contributed by atoms with E-state index in [0.717, 1.165) is 25.9 Å². The molecule has 0 fully saturated rings. The third-order valence-corrected chi connectivity index (χ3v) is 3.36. The van der Waals surface area contributed by atoms with E-state index in [1.807, 2.05) is 12.1 Å². The maximum absolute atomic E-state index is 13.8. The molecular formula is C16H27FN2. The van der Waals surface area contributed by atoms with E-state index < -0.39 is 0 Å². The smallest absolute Gasteiger partial charge is 0.146 e. The average molecular weight is 266 g/mol. The molecule has 0 amide bonds. The van der Waals surface area contributed by atoms with Gasteiger partial charge >= 0.3 is 0 Å². The van der Waals surface area contributed by atoms with Crippen molar-refractivity contribution in [3.63, 3.8) is 0 Å². The molecule has 0 aromatic heterocycles. The van der Waals surface area contributed by atoms with Gasteiger partial charge in [-0.05, 0) is 31.5 Å². The highest BCUT2D eigenvalue weighted by molar-refractivity contribution is 5.47. The predicted octanol–water partition coefficient (Wildman–Crippen LogP) is 3.95. The maximum Gasteiger partial charge on any atom is 0.146 e. The summed E-state index contributed by atoms with van der Waals surface area (Å²) in [5.74, 6) is -0.131. The minimum atomic E-state index is -0.131. The average Bonchev–Trinajstić information content (AvgIpc) is 2.43. The van der Waals surface area contributed by atoms with Crippen molar-refractivity contribution in [1.29, 1.82) is 0 Å². The van der Waals surface area contributed by atoms with Crippen LogP contribution in [-0.2, 0) is 0 Å². The Labute approximate surface area is 116 Å². The highest BCUT2D eigenvalue weighted by Crippen LogP contribution is 2.19. The van der Waals surface area contributed by atoms with Gasteiger partial charge in [0.1, 0.15) is 5.82 Å². The molecule has 0 bridgehead atoms. The Morgan fingerprint density at radius 3 is 2.37 bits per heavy atom. The van der Waals surface area contributed by atoms with Gasteiger partial charge in [0.2, 0.25) is 0 Å². The third kappa shape index (κ3) is 6.06. The van der Waals surface area contributed by atoms with E-state index in [9.17, 15) is 4.39 Å². The van der Waals surface area contributed by atoms with Crippen molar-refractivity contribution in [2.75, 3.05) is 24.5 Å². The van der Waals surface area contributed by atoms with E-state index in [1.54, 1.807) is 6.07 Å². The normalized spacial score (nSPS) is 10.7. The van der Waals surface area contributed by atoms with Gasteiger partial charge in [-0.15, -0.1) is 0 Å². The van der Waals surface area contributed by atoms with Gasteiger partial charge in [0.15, 0.2) is 0 Å². The summed E-state index contributed by atoms with van der Waals surface area (Å²) in [7, 11) is 0. The maximum atomic E-state index is 13.8. The van der Waals surface area contributed by atoms with E-state index >= 15 is 0 Å². The molecule has 1 rings (SSSR count). The molecule has 0 unspecified atom stereocenters. The first-order valence-corrected chi connectivity index (χ1v) is 7.49. The summed E-state index contributed by atoms with van der Waals surface area (Å²) in [6.07, 6.45) is 7.08. The van der Waals surface area contributed by atoms with Crippen LogP contribution in [0.3, 0.4) is 0 Å². The summed E-state index contributed by atoms with van der Waals surface area (Å²) < 4.78 is 13.8. The lowest BCUT2D eigenvalue weighted by Gasteiger charge is -2.25. The van der Waals surface area contributed by atoms with Gasteiger partial charge in [0.25, 0.3) is 0 Å². The number of halogens is 1. The number of para-hydroxylation sites is 1. The van der Waals surface area contributed by atoms with Crippen LogP contribution in [0.4, 0.5) is 10.1 Å². The number of anilines is 1. The molecule has 0 saturated carbocycles. The van der Waals surface area contributed by atoms with Crippen LogP contribution < -0.4 is 10.6 Å². The van der Waals surface area contributed by atoms with Crippen molar-refractivity contribution < 1.29 is 4.39 Å². The van der Waals surface area contributed by atoms with Gasteiger partial charge in [-0.1, -0.05) is 44.7 Å². The summed E-state index contributed by atoms with van der Waals surface area (Å²) in [6.45, 7) is 4.63. The molecule has 0 aliphatic heterocycles. The molecule has 19 heavy (non-hydrogen) atoms. The van der Waals surface area contributed by atoms with Gasteiger partial charge in [-0.25, -0.2) is 4.39 Å². The van der Waals surface area contributed by atoms with Crippen LogP contribution >= 0.6 is 0 Å². The number of hydrogen-bond acceptors (Lipinski definition) is 2. The lowest BCUT2D eigenvalue weighted by molar-refractivity contribution is 0.589. The Balaban J connectivity index is 2.49. The fourth-order valence-electron chi connectivity index (χ4n) is 2.25. The minimum absolute atomic E-state index is 0.131. The molecule has 1 aromatic rings. The molecule has 0 aliphatic carbocycles. The second-order valence-corrected chi connectivity index (χ2v) is 4.99. The number of nitrogens with two attached hydrogens (primary N) is 1. The van der Waals surface area contributed by atoms with Crippen molar-refractivity contribution in [1.82, 2.24) is 0 Å². The van der Waals surface area contributed by atoms with Crippen LogP contribution in [0, 0.1) is 5.82 Å². The number of rotatable bonds is 10. The summed E-state index contributed by atoms with van der Waals surface area (Å²) in [5.41, 5.74) is 6.28. The molecule has 108 valence electrons. The SMILES string of the molecule is CCCCCCCN(CCCN)c1ccccc1F. The lowest BCUT2D eigenvalue weighted by Crippen LogP contribution is -2.28. The van der Waals surface area contributed by atoms with E-state index in [-0.39, 0.29) is 5.82 Å². The van der Waals surface area contributed by atoms with Crippen molar-refractivity contribution >= 4 is 5.69 Å². The quantitative estimate of drug-likeness (QED) is 0.650. The highest BCUT2D eigenvalue weighted by Gasteiger charge is 2.09. The molecule has 0 radical (unpaired) electrons. The zero-order valence-electron chi connectivity index (χ0n) is 12.1. The topological polar surface area (TPSA) is 29.3 Å². The Kier molecular flexibility index (Phi) is 8.23. The lowest BCUT2D eigenvalue weighted by atomic mass is 10.1. The molecule has 0 heterocycles. The second kappa shape index (κ2) is 9.79. The number of unbranched alkanes of at least 4 members (excludes halogenated alkanes) is 4. The third-order valence-electron chi connectivity index (χ3n) is 3.36. The first-order chi connectivity index (χ1) is 9.29. The van der Waals surface area contributed by atoms with Crippen molar-refractivity contribution in [3.05, 3.63) is 30.1 Å². The summed E-state index contributed by atoms with van der Waals surface area (Å²) >= 11 is 0. The molecule has 0 saturated heterocycles. The zero-order valence-corrected chi connectivity index (χ0v) is 12.1. The van der Waals surface area contributed by atoms with Crippen LogP contribution in [0.25, 0.3) is 0 Å². The van der Waals surface area contributed by atoms with Crippen LogP contribution in [0.15, 0.2) is 24.3 Å². The monoisotopic (exact) mass is 266 g/mol. The molecule has 2 N–H and O–H groups in total. The van der Waals surface area contributed by atoms with Crippen LogP contribution in [0.1, 0.15) is 45.4 Å². The Hall–Kier alpha value is -1.09. The van der Waals surface area contributed by atoms with Gasteiger partial charge in [-0.3, -0.25) is 0 Å². The van der Waals surface area contributed by atoms with Gasteiger partial charge in [0.05, 0.1) is 5.69 Å². The fraction of sp³-hybridized carbons (Fsp3) is 0.625. The Morgan fingerprint density at radius 1 is 1.00 bits per heavy atom. The molecule has 0 atom stereocenters. The molecule has 1 aromatic carbocycles. The number of hydrogen-bond donors (Lipinski definition) is 1. The van der Waals surface area contributed by atoms with Crippen molar-refractivity contribution in [3.8, 4) is 0 Å². The number of nitrogens with zero attached hydrogens (tertiary/aromatic N) is 1. The number of benzene rings is 1. The standard InChI is InChI=1S/C16H27FN2/c1-2-3-4-5-8-13-19(14-9-12-18)16-11-7-6-10-15(16)17/h6-7,10-11H,2-5,8-9,12-14,18H2,1H3. The van der Waals surface area contributed by atoms with E-state index in [0.29, 0.717) is 12.2 Å². The zero-order chi connectivity index (χ0) is 13.9. The van der Waals surface area contributed by atoms with Gasteiger partial charge < -0.3 is 10.6 Å². The first-order valence-electron chi connectivity index (χ1n) is 7.49. The first kappa shape index (κ1) is 16.0. The molecular weight excluding hydrogens is 239 g/mol. The van der Waals surface area contributed by atoms with Crippen molar-refractivity contribution in [2.45, 2.75) is 45.4 Å². The summed E-state index contributed by atoms with van der Waals surface area (Å²) in [5, 5.41) is 0. The molecule has 3 heteroatoms. The summed E-state index contributed by atoms with van der Waals surface area (Å²) in [6, 6.07) is 7.02. The molecule has 2 nitrogen and oxygen atoms in total. The van der Waals surface area contributed by atoms with Crippen LogP contribution in [0.5, 0.6) is 0 Å². The Bertz CT molecular complexity index is 341. The van der Waals surface area contributed by atoms with Crippen molar-refractivity contribution in [2.24, 2.45) is 5.73 Å². The largest absolute Gasteiger partial charge is 0.369 e. The van der Waals surface area contributed by atoms with Gasteiger partial charge in [0, 0.05) is 13.1 Å². The predicted molar refractivity (Wildman–Crippen MR) is 81.0 cm³/mol. The fourth-order valence-corrected chi connectivity index (χ4v) is 2.25. The van der Waals surface area contributed by atoms with E-state index in [1.165, 1.54) is 31.7 Å². The molecule has 0 aliphatic rings. The highest BCUT2D eigenvalue weighted by atomic mass is 19.1. The van der Waals surface area contributed by atoms with Crippen LogP contribution in [0.2, 0.25) is 0 Å². The minimum Gasteiger partial charge on any atom is -0.369 e. The summed E-state index contributed by atoms with van der Waals surface area (Å²) in [4.78, 5) is 2.13. The van der Waals surface area contributed by atoms with Crippen LogP contribution in [-0.4, -0.2) is 19.6 Å². The Morgan fingerprint density at radius 2 is 1.68 bits per heavy atom.